The second-order valence-corrected chi connectivity index (χ2v) is 3.80. The van der Waals surface area contributed by atoms with Crippen LogP contribution >= 0.6 is 7.60 Å². The molecule has 0 radical (unpaired) electrons. The lowest BCUT2D eigenvalue weighted by atomic mass is 10.3. The van der Waals surface area contributed by atoms with Crippen molar-refractivity contribution in [3.8, 4) is 0 Å². The first kappa shape index (κ1) is 9.89. The Bertz CT molecular complexity index is 147. The molecule has 3 nitrogen and oxygen atoms in total. The van der Waals surface area contributed by atoms with Crippen LogP contribution in [0.3, 0.4) is 0 Å². The third kappa shape index (κ3) is 7.89. The summed E-state index contributed by atoms with van der Waals surface area (Å²) in [6.07, 6.45) is 5.09. The summed E-state index contributed by atoms with van der Waals surface area (Å²) in [5.41, 5.74) is 0. The molecule has 0 unspecified atom stereocenters. The molecule has 0 spiro atoms. The molecule has 60 valence electrons. The maximum atomic E-state index is 10.2. The van der Waals surface area contributed by atoms with E-state index in [0.29, 0.717) is 0 Å². The van der Waals surface area contributed by atoms with Crippen LogP contribution in [0.4, 0.5) is 0 Å². The van der Waals surface area contributed by atoms with Gasteiger partial charge in [-0.25, -0.2) is 0 Å². The van der Waals surface area contributed by atoms with E-state index in [9.17, 15) is 4.57 Å². The summed E-state index contributed by atoms with van der Waals surface area (Å²) in [5.74, 6) is 0. The molecule has 2 N–H and O–H groups in total. The Morgan fingerprint density at radius 3 is 2.40 bits per heavy atom. The van der Waals surface area contributed by atoms with Crippen LogP contribution in [0.15, 0.2) is 12.2 Å². The molecule has 0 aromatic rings. The van der Waals surface area contributed by atoms with E-state index in [2.05, 4.69) is 0 Å². The Kier molecular flexibility index (Phi) is 4.62. The predicted molar refractivity (Wildman–Crippen MR) is 41.0 cm³/mol. The average molecular weight is 164 g/mol. The highest BCUT2D eigenvalue weighted by atomic mass is 31.2. The molecular formula is C6H13O3P. The van der Waals surface area contributed by atoms with Gasteiger partial charge in [0.05, 0.1) is 6.16 Å². The number of unbranched alkanes of at least 4 members (excludes halogenated alkanes) is 1. The molecule has 0 atom stereocenters. The summed E-state index contributed by atoms with van der Waals surface area (Å²) >= 11 is 0. The number of hydrogen-bond acceptors (Lipinski definition) is 1. The van der Waals surface area contributed by atoms with Crippen LogP contribution in [-0.4, -0.2) is 15.9 Å². The Morgan fingerprint density at radius 1 is 1.40 bits per heavy atom. The number of rotatable bonds is 4. The smallest absolute Gasteiger partial charge is 0.324 e. The minimum Gasteiger partial charge on any atom is -0.324 e. The van der Waals surface area contributed by atoms with Crippen LogP contribution < -0.4 is 0 Å². The zero-order chi connectivity index (χ0) is 8.04. The monoisotopic (exact) mass is 164 g/mol. The number of allylic oxidation sites excluding steroid dienone is 2. The van der Waals surface area contributed by atoms with E-state index in [4.69, 9.17) is 9.79 Å². The molecule has 0 bridgehead atoms. The quantitative estimate of drug-likeness (QED) is 0.489. The van der Waals surface area contributed by atoms with Crippen molar-refractivity contribution in [2.45, 2.75) is 19.8 Å². The minimum atomic E-state index is -3.79. The van der Waals surface area contributed by atoms with Gasteiger partial charge in [0.15, 0.2) is 0 Å². The molecule has 0 aromatic carbocycles. The van der Waals surface area contributed by atoms with Gasteiger partial charge in [0.25, 0.3) is 0 Å². The van der Waals surface area contributed by atoms with Crippen molar-refractivity contribution in [2.24, 2.45) is 0 Å². The van der Waals surface area contributed by atoms with Crippen molar-refractivity contribution in [2.75, 3.05) is 6.16 Å². The van der Waals surface area contributed by atoms with Crippen molar-refractivity contribution < 1.29 is 14.4 Å². The lowest BCUT2D eigenvalue weighted by Gasteiger charge is -1.95. The highest BCUT2D eigenvalue weighted by molar-refractivity contribution is 7.51. The van der Waals surface area contributed by atoms with E-state index in [1.54, 1.807) is 6.08 Å². The molecule has 0 rings (SSSR count). The van der Waals surface area contributed by atoms with Gasteiger partial charge in [-0.15, -0.1) is 0 Å². The molecule has 4 heteroatoms. The molecular weight excluding hydrogens is 151 g/mol. The third-order valence-electron chi connectivity index (χ3n) is 0.965. The van der Waals surface area contributed by atoms with Gasteiger partial charge < -0.3 is 9.79 Å². The lowest BCUT2D eigenvalue weighted by Crippen LogP contribution is -1.80. The summed E-state index contributed by atoms with van der Waals surface area (Å²) in [6.45, 7) is 2.02. The molecule has 0 heterocycles. The van der Waals surface area contributed by atoms with Crippen molar-refractivity contribution in [1.82, 2.24) is 0 Å². The molecule has 0 aromatic heterocycles. The SMILES string of the molecule is CCC/C=C\CP(=O)(O)O. The fraction of sp³-hybridized carbons (Fsp3) is 0.667. The highest BCUT2D eigenvalue weighted by Gasteiger charge is 2.07. The first-order valence-electron chi connectivity index (χ1n) is 3.26. The van der Waals surface area contributed by atoms with E-state index in [0.717, 1.165) is 12.8 Å². The third-order valence-corrected chi connectivity index (χ3v) is 1.65. The largest absolute Gasteiger partial charge is 0.329 e. The minimum absolute atomic E-state index is 0.132. The Balaban J connectivity index is 3.44. The molecule has 0 aliphatic rings. The van der Waals surface area contributed by atoms with E-state index in [1.165, 1.54) is 6.08 Å². The van der Waals surface area contributed by atoms with E-state index < -0.39 is 7.60 Å². The fourth-order valence-corrected chi connectivity index (χ4v) is 0.920. The van der Waals surface area contributed by atoms with Crippen LogP contribution in [0.1, 0.15) is 19.8 Å². The van der Waals surface area contributed by atoms with E-state index >= 15 is 0 Å². The maximum absolute atomic E-state index is 10.2. The molecule has 0 saturated carbocycles. The fourth-order valence-electron chi connectivity index (χ4n) is 0.496. The summed E-state index contributed by atoms with van der Waals surface area (Å²) in [6, 6.07) is 0. The first-order valence-corrected chi connectivity index (χ1v) is 5.05. The van der Waals surface area contributed by atoms with Crippen LogP contribution in [-0.2, 0) is 4.57 Å². The van der Waals surface area contributed by atoms with Gasteiger partial charge in [-0.05, 0) is 6.42 Å². The maximum Gasteiger partial charge on any atom is 0.329 e. The van der Waals surface area contributed by atoms with Crippen molar-refractivity contribution in [1.29, 1.82) is 0 Å². The van der Waals surface area contributed by atoms with Crippen molar-refractivity contribution in [3.63, 3.8) is 0 Å². The average Bonchev–Trinajstić information content (AvgIpc) is 1.78. The van der Waals surface area contributed by atoms with Gasteiger partial charge in [0.2, 0.25) is 0 Å². The molecule has 0 aliphatic heterocycles. The zero-order valence-corrected chi connectivity index (χ0v) is 6.92. The molecule has 0 fully saturated rings. The first-order chi connectivity index (χ1) is 4.56. The number of hydrogen-bond donors (Lipinski definition) is 2. The molecule has 0 saturated heterocycles. The van der Waals surface area contributed by atoms with Gasteiger partial charge in [0.1, 0.15) is 0 Å². The zero-order valence-electron chi connectivity index (χ0n) is 6.03. The highest BCUT2D eigenvalue weighted by Crippen LogP contribution is 2.33. The van der Waals surface area contributed by atoms with Gasteiger partial charge >= 0.3 is 7.60 Å². The topological polar surface area (TPSA) is 57.5 Å². The summed E-state index contributed by atoms with van der Waals surface area (Å²) in [4.78, 5) is 16.8. The second-order valence-electron chi connectivity index (χ2n) is 2.11. The summed E-state index contributed by atoms with van der Waals surface area (Å²) in [5, 5.41) is 0. The Hall–Kier alpha value is -0.110. The van der Waals surface area contributed by atoms with Gasteiger partial charge in [-0.3, -0.25) is 4.57 Å². The predicted octanol–water partition coefficient (Wildman–Crippen LogP) is 1.52. The van der Waals surface area contributed by atoms with Crippen LogP contribution in [0.5, 0.6) is 0 Å². The molecule has 10 heavy (non-hydrogen) atoms. The van der Waals surface area contributed by atoms with Crippen LogP contribution in [0.25, 0.3) is 0 Å². The molecule has 0 aliphatic carbocycles. The lowest BCUT2D eigenvalue weighted by molar-refractivity contribution is 0.377. The van der Waals surface area contributed by atoms with E-state index in [-0.39, 0.29) is 6.16 Å². The molecule has 0 amide bonds. The van der Waals surface area contributed by atoms with E-state index in [1.807, 2.05) is 6.92 Å². The summed E-state index contributed by atoms with van der Waals surface area (Å²) in [7, 11) is -3.79. The van der Waals surface area contributed by atoms with Gasteiger partial charge in [-0.2, -0.15) is 0 Å². The normalized spacial score (nSPS) is 12.7. The van der Waals surface area contributed by atoms with Crippen molar-refractivity contribution >= 4 is 7.60 Å². The standard InChI is InChI=1S/C6H13O3P/c1-2-3-4-5-6-10(7,8)9/h4-5H,2-3,6H2,1H3,(H2,7,8,9)/b5-4-. The van der Waals surface area contributed by atoms with Gasteiger partial charge in [0, 0.05) is 0 Å². The van der Waals surface area contributed by atoms with Crippen molar-refractivity contribution in [3.05, 3.63) is 12.2 Å². The van der Waals surface area contributed by atoms with Gasteiger partial charge in [-0.1, -0.05) is 25.5 Å². The Morgan fingerprint density at radius 2 is 2.00 bits per heavy atom. The van der Waals surface area contributed by atoms with Crippen LogP contribution in [0.2, 0.25) is 0 Å². The summed E-state index contributed by atoms with van der Waals surface area (Å²) < 4.78 is 10.2. The Labute approximate surface area is 60.9 Å². The van der Waals surface area contributed by atoms with Crippen LogP contribution in [0, 0.1) is 0 Å². The second kappa shape index (κ2) is 4.67.